The lowest BCUT2D eigenvalue weighted by molar-refractivity contribution is -0.123. The predicted molar refractivity (Wildman–Crippen MR) is 96.3 cm³/mol. The van der Waals surface area contributed by atoms with Crippen molar-refractivity contribution in [1.82, 2.24) is 10.9 Å². The SMILES string of the molecule is COc1cc(C(=O)NNC(=O)COc2cccc(F)c2)ccc1OC(C)C. The van der Waals surface area contributed by atoms with Gasteiger partial charge in [-0.15, -0.1) is 0 Å². The molecule has 0 fully saturated rings. The van der Waals surface area contributed by atoms with Crippen LogP contribution in [0.3, 0.4) is 0 Å². The molecule has 0 saturated carbocycles. The Morgan fingerprint density at radius 1 is 1.07 bits per heavy atom. The van der Waals surface area contributed by atoms with E-state index in [-0.39, 0.29) is 24.0 Å². The lowest BCUT2D eigenvalue weighted by Gasteiger charge is -2.14. The molecule has 27 heavy (non-hydrogen) atoms. The fourth-order valence-electron chi connectivity index (χ4n) is 2.10. The molecular formula is C19H21FN2O5. The summed E-state index contributed by atoms with van der Waals surface area (Å²) in [4.78, 5) is 23.9. The van der Waals surface area contributed by atoms with Crippen molar-refractivity contribution in [2.24, 2.45) is 0 Å². The van der Waals surface area contributed by atoms with Crippen LogP contribution in [0.5, 0.6) is 17.2 Å². The van der Waals surface area contributed by atoms with Gasteiger partial charge in [-0.1, -0.05) is 6.07 Å². The third kappa shape index (κ3) is 6.18. The van der Waals surface area contributed by atoms with E-state index in [2.05, 4.69) is 10.9 Å². The highest BCUT2D eigenvalue weighted by Crippen LogP contribution is 2.28. The predicted octanol–water partition coefficient (Wildman–Crippen LogP) is 2.46. The third-order valence-corrected chi connectivity index (χ3v) is 3.27. The number of ether oxygens (including phenoxy) is 3. The minimum atomic E-state index is -0.598. The van der Waals surface area contributed by atoms with Crippen molar-refractivity contribution in [3.63, 3.8) is 0 Å². The molecule has 0 aliphatic heterocycles. The first-order valence-corrected chi connectivity index (χ1v) is 8.21. The molecule has 0 bridgehead atoms. The number of carbonyl (C=O) groups excluding carboxylic acids is 2. The smallest absolute Gasteiger partial charge is 0.276 e. The molecule has 7 nitrogen and oxygen atoms in total. The Morgan fingerprint density at radius 3 is 2.52 bits per heavy atom. The van der Waals surface area contributed by atoms with Gasteiger partial charge < -0.3 is 14.2 Å². The average Bonchev–Trinajstić information content (AvgIpc) is 2.64. The summed E-state index contributed by atoms with van der Waals surface area (Å²) in [5.74, 6) is -0.487. The Bertz CT molecular complexity index is 810. The summed E-state index contributed by atoms with van der Waals surface area (Å²) < 4.78 is 29.0. The maximum atomic E-state index is 13.0. The van der Waals surface area contributed by atoms with Gasteiger partial charge in [-0.25, -0.2) is 4.39 Å². The zero-order chi connectivity index (χ0) is 19.8. The highest BCUT2D eigenvalue weighted by Gasteiger charge is 2.13. The highest BCUT2D eigenvalue weighted by molar-refractivity contribution is 5.96. The lowest BCUT2D eigenvalue weighted by Crippen LogP contribution is -2.43. The molecule has 0 aliphatic rings. The molecule has 2 amide bonds. The average molecular weight is 376 g/mol. The molecule has 0 atom stereocenters. The van der Waals surface area contributed by atoms with E-state index in [1.165, 1.54) is 31.4 Å². The van der Waals surface area contributed by atoms with Crippen LogP contribution >= 0.6 is 0 Å². The quantitative estimate of drug-likeness (QED) is 0.725. The van der Waals surface area contributed by atoms with Gasteiger partial charge in [0, 0.05) is 11.6 Å². The van der Waals surface area contributed by atoms with Gasteiger partial charge in [0.05, 0.1) is 13.2 Å². The number of carbonyl (C=O) groups is 2. The summed E-state index contributed by atoms with van der Waals surface area (Å²) in [6.45, 7) is 3.37. The van der Waals surface area contributed by atoms with E-state index in [4.69, 9.17) is 14.2 Å². The first kappa shape index (κ1) is 20.0. The van der Waals surface area contributed by atoms with Crippen molar-refractivity contribution in [3.05, 3.63) is 53.8 Å². The molecule has 8 heteroatoms. The number of nitrogens with one attached hydrogen (secondary N) is 2. The minimum absolute atomic E-state index is 0.0454. The molecule has 0 spiro atoms. The molecule has 144 valence electrons. The third-order valence-electron chi connectivity index (χ3n) is 3.27. The number of rotatable bonds is 7. The van der Waals surface area contributed by atoms with Crippen LogP contribution in [-0.2, 0) is 4.79 Å². The Balaban J connectivity index is 1.88. The van der Waals surface area contributed by atoms with Gasteiger partial charge in [0.15, 0.2) is 18.1 Å². The Morgan fingerprint density at radius 2 is 1.85 bits per heavy atom. The molecular weight excluding hydrogens is 355 g/mol. The molecule has 0 radical (unpaired) electrons. The van der Waals surface area contributed by atoms with Crippen molar-refractivity contribution in [3.8, 4) is 17.2 Å². The van der Waals surface area contributed by atoms with Crippen LogP contribution in [0.25, 0.3) is 0 Å². The van der Waals surface area contributed by atoms with Crippen molar-refractivity contribution in [1.29, 1.82) is 0 Å². The summed E-state index contributed by atoms with van der Waals surface area (Å²) in [6.07, 6.45) is -0.0454. The Hall–Kier alpha value is -3.29. The molecule has 0 unspecified atom stereocenters. The molecule has 2 aromatic rings. The first-order chi connectivity index (χ1) is 12.9. The van der Waals surface area contributed by atoms with Crippen LogP contribution in [-0.4, -0.2) is 31.6 Å². The molecule has 2 rings (SSSR count). The highest BCUT2D eigenvalue weighted by atomic mass is 19.1. The van der Waals surface area contributed by atoms with Gasteiger partial charge in [0.25, 0.3) is 11.8 Å². The summed E-state index contributed by atoms with van der Waals surface area (Å²) in [6, 6.07) is 10.1. The number of benzene rings is 2. The molecule has 2 aromatic carbocycles. The second kappa shape index (κ2) is 9.42. The van der Waals surface area contributed by atoms with Gasteiger partial charge in [0.1, 0.15) is 11.6 Å². The van der Waals surface area contributed by atoms with E-state index < -0.39 is 17.6 Å². The Labute approximate surface area is 156 Å². The largest absolute Gasteiger partial charge is 0.493 e. The molecule has 0 saturated heterocycles. The molecule has 0 heterocycles. The van der Waals surface area contributed by atoms with Gasteiger partial charge in [-0.3, -0.25) is 20.4 Å². The number of hydrogen-bond acceptors (Lipinski definition) is 5. The number of hydrogen-bond donors (Lipinski definition) is 2. The number of methoxy groups -OCH3 is 1. The second-order valence-electron chi connectivity index (χ2n) is 5.78. The molecule has 0 aromatic heterocycles. The van der Waals surface area contributed by atoms with Crippen LogP contribution in [0.15, 0.2) is 42.5 Å². The van der Waals surface area contributed by atoms with Crippen molar-refractivity contribution < 1.29 is 28.2 Å². The van der Waals surface area contributed by atoms with Gasteiger partial charge in [-0.05, 0) is 44.2 Å². The van der Waals surface area contributed by atoms with E-state index in [9.17, 15) is 14.0 Å². The van der Waals surface area contributed by atoms with Crippen LogP contribution in [0.2, 0.25) is 0 Å². The number of halogens is 1. The normalized spacial score (nSPS) is 10.3. The lowest BCUT2D eigenvalue weighted by atomic mass is 10.2. The Kier molecular flexibility index (Phi) is 6.99. The summed E-state index contributed by atoms with van der Waals surface area (Å²) in [5, 5.41) is 0. The van der Waals surface area contributed by atoms with Gasteiger partial charge >= 0.3 is 0 Å². The first-order valence-electron chi connectivity index (χ1n) is 8.21. The van der Waals surface area contributed by atoms with E-state index in [1.54, 1.807) is 12.1 Å². The van der Waals surface area contributed by atoms with Crippen molar-refractivity contribution >= 4 is 11.8 Å². The van der Waals surface area contributed by atoms with Crippen LogP contribution in [0, 0.1) is 5.82 Å². The minimum Gasteiger partial charge on any atom is -0.493 e. The summed E-state index contributed by atoms with van der Waals surface area (Å²) in [7, 11) is 1.47. The van der Waals surface area contributed by atoms with Crippen LogP contribution in [0.1, 0.15) is 24.2 Å². The monoisotopic (exact) mass is 376 g/mol. The van der Waals surface area contributed by atoms with E-state index in [1.807, 2.05) is 13.8 Å². The van der Waals surface area contributed by atoms with Crippen LogP contribution < -0.4 is 25.1 Å². The standard InChI is InChI=1S/C19H21FN2O5/c1-12(2)27-16-8-7-13(9-17(16)25-3)19(24)22-21-18(23)11-26-15-6-4-5-14(20)10-15/h4-10,12H,11H2,1-3H3,(H,21,23)(H,22,24). The zero-order valence-corrected chi connectivity index (χ0v) is 15.2. The van der Waals surface area contributed by atoms with Gasteiger partial charge in [-0.2, -0.15) is 0 Å². The van der Waals surface area contributed by atoms with Crippen LogP contribution in [0.4, 0.5) is 4.39 Å². The maximum Gasteiger partial charge on any atom is 0.276 e. The fourth-order valence-corrected chi connectivity index (χ4v) is 2.10. The number of amides is 2. The van der Waals surface area contributed by atoms with E-state index in [0.717, 1.165) is 6.07 Å². The summed E-state index contributed by atoms with van der Waals surface area (Å²) in [5.41, 5.74) is 4.76. The zero-order valence-electron chi connectivity index (χ0n) is 15.2. The van der Waals surface area contributed by atoms with E-state index >= 15 is 0 Å². The van der Waals surface area contributed by atoms with Gasteiger partial charge in [0.2, 0.25) is 0 Å². The summed E-state index contributed by atoms with van der Waals surface area (Å²) >= 11 is 0. The topological polar surface area (TPSA) is 85.9 Å². The van der Waals surface area contributed by atoms with E-state index in [0.29, 0.717) is 11.5 Å². The molecule has 2 N–H and O–H groups in total. The maximum absolute atomic E-state index is 13.0. The van der Waals surface area contributed by atoms with Crippen molar-refractivity contribution in [2.45, 2.75) is 20.0 Å². The molecule has 0 aliphatic carbocycles. The van der Waals surface area contributed by atoms with Crippen molar-refractivity contribution in [2.75, 3.05) is 13.7 Å². The second-order valence-corrected chi connectivity index (χ2v) is 5.78. The fraction of sp³-hybridized carbons (Fsp3) is 0.263. The number of hydrazine groups is 1.